The number of benzene rings is 2. The number of ether oxygens (including phenoxy) is 1. The maximum Gasteiger partial charge on any atom is 0.331 e. The SMILES string of the molecule is O=C(Cn1c(=O)cnc2ccccc21)Oc1ccc(N2CCCC2=O)cc1. The third kappa shape index (κ3) is 3.44. The molecule has 7 heteroatoms. The Bertz CT molecular complexity index is 1070. The number of aromatic nitrogens is 2. The molecule has 2 heterocycles. The van der Waals surface area contributed by atoms with Crippen molar-refractivity contribution in [2.24, 2.45) is 0 Å². The van der Waals surface area contributed by atoms with Crippen LogP contribution in [0.1, 0.15) is 12.8 Å². The molecule has 2 aromatic carbocycles. The second kappa shape index (κ2) is 7.03. The Hall–Kier alpha value is -3.48. The largest absolute Gasteiger partial charge is 0.425 e. The van der Waals surface area contributed by atoms with Crippen molar-refractivity contribution in [3.05, 3.63) is 65.1 Å². The highest BCUT2D eigenvalue weighted by molar-refractivity contribution is 5.95. The average molecular weight is 363 g/mol. The summed E-state index contributed by atoms with van der Waals surface area (Å²) < 4.78 is 6.68. The number of rotatable bonds is 4. The molecule has 4 rings (SSSR count). The number of hydrogen-bond acceptors (Lipinski definition) is 5. The van der Waals surface area contributed by atoms with Crippen LogP contribution < -0.4 is 15.2 Å². The Morgan fingerprint density at radius 2 is 1.85 bits per heavy atom. The highest BCUT2D eigenvalue weighted by Crippen LogP contribution is 2.24. The molecule has 0 saturated carbocycles. The number of esters is 1. The van der Waals surface area contributed by atoms with E-state index in [4.69, 9.17) is 4.74 Å². The molecule has 0 aliphatic carbocycles. The van der Waals surface area contributed by atoms with E-state index in [-0.39, 0.29) is 18.0 Å². The van der Waals surface area contributed by atoms with Gasteiger partial charge in [-0.15, -0.1) is 0 Å². The summed E-state index contributed by atoms with van der Waals surface area (Å²) in [5.41, 5.74) is 1.62. The first-order valence-corrected chi connectivity index (χ1v) is 8.67. The molecule has 1 amide bonds. The van der Waals surface area contributed by atoms with Gasteiger partial charge in [0.25, 0.3) is 5.56 Å². The van der Waals surface area contributed by atoms with Gasteiger partial charge in [0, 0.05) is 18.7 Å². The third-order valence-corrected chi connectivity index (χ3v) is 4.49. The van der Waals surface area contributed by atoms with Gasteiger partial charge in [0.05, 0.1) is 17.2 Å². The molecule has 0 N–H and O–H groups in total. The van der Waals surface area contributed by atoms with Crippen LogP contribution in [0.5, 0.6) is 5.75 Å². The lowest BCUT2D eigenvalue weighted by Crippen LogP contribution is -2.27. The molecule has 1 aliphatic heterocycles. The second-order valence-electron chi connectivity index (χ2n) is 6.29. The standard InChI is InChI=1S/C20H17N3O4/c24-18-6-3-11-22(18)14-7-9-15(10-8-14)27-20(26)13-23-17-5-2-1-4-16(17)21-12-19(23)25/h1-2,4-5,7-10,12H,3,6,11,13H2. The van der Waals surface area contributed by atoms with E-state index < -0.39 is 5.97 Å². The van der Waals surface area contributed by atoms with E-state index in [1.165, 1.54) is 10.8 Å². The van der Waals surface area contributed by atoms with Crippen LogP contribution in [0, 0.1) is 0 Å². The van der Waals surface area contributed by atoms with Crippen molar-refractivity contribution in [3.63, 3.8) is 0 Å². The zero-order valence-corrected chi connectivity index (χ0v) is 14.5. The van der Waals surface area contributed by atoms with E-state index in [1.807, 2.05) is 6.07 Å². The molecule has 0 radical (unpaired) electrons. The normalized spacial score (nSPS) is 13.9. The fourth-order valence-electron chi connectivity index (χ4n) is 3.19. The van der Waals surface area contributed by atoms with Crippen molar-refractivity contribution in [3.8, 4) is 5.75 Å². The summed E-state index contributed by atoms with van der Waals surface area (Å²) in [4.78, 5) is 42.0. The average Bonchev–Trinajstić information content (AvgIpc) is 3.11. The van der Waals surface area contributed by atoms with Crippen LogP contribution >= 0.6 is 0 Å². The molecule has 1 saturated heterocycles. The summed E-state index contributed by atoms with van der Waals surface area (Å²) >= 11 is 0. The number of carbonyl (C=O) groups excluding carboxylic acids is 2. The minimum Gasteiger partial charge on any atom is -0.425 e. The Labute approximate surface area is 154 Å². The van der Waals surface area contributed by atoms with Crippen molar-refractivity contribution in [1.82, 2.24) is 9.55 Å². The maximum atomic E-state index is 12.3. The van der Waals surface area contributed by atoms with Crippen LogP contribution in [0.2, 0.25) is 0 Å². The van der Waals surface area contributed by atoms with E-state index in [2.05, 4.69) is 4.98 Å². The number of fused-ring (bicyclic) bond motifs is 1. The molecule has 0 atom stereocenters. The molecule has 7 nitrogen and oxygen atoms in total. The van der Waals surface area contributed by atoms with Crippen LogP contribution in [0.3, 0.4) is 0 Å². The number of anilines is 1. The first-order valence-electron chi connectivity index (χ1n) is 8.67. The molecular formula is C20H17N3O4. The number of hydrogen-bond donors (Lipinski definition) is 0. The first-order chi connectivity index (χ1) is 13.1. The van der Waals surface area contributed by atoms with Crippen molar-refractivity contribution in [2.45, 2.75) is 19.4 Å². The maximum absolute atomic E-state index is 12.3. The summed E-state index contributed by atoms with van der Waals surface area (Å²) in [6.45, 7) is 0.490. The van der Waals surface area contributed by atoms with Crippen LogP contribution in [-0.4, -0.2) is 28.0 Å². The van der Waals surface area contributed by atoms with Gasteiger partial charge in [-0.2, -0.15) is 0 Å². The number of para-hydroxylation sites is 2. The molecule has 1 aromatic heterocycles. The molecule has 0 unspecified atom stereocenters. The van der Waals surface area contributed by atoms with Gasteiger partial charge in [0.15, 0.2) is 0 Å². The van der Waals surface area contributed by atoms with E-state index >= 15 is 0 Å². The zero-order chi connectivity index (χ0) is 18.8. The smallest absolute Gasteiger partial charge is 0.331 e. The van der Waals surface area contributed by atoms with Crippen molar-refractivity contribution < 1.29 is 14.3 Å². The fraction of sp³-hybridized carbons (Fsp3) is 0.200. The predicted octanol–water partition coefficient (Wildman–Crippen LogP) is 2.13. The molecule has 27 heavy (non-hydrogen) atoms. The quantitative estimate of drug-likeness (QED) is 0.524. The van der Waals surface area contributed by atoms with Crippen LogP contribution in [0.15, 0.2) is 59.5 Å². The molecule has 1 aliphatic rings. The zero-order valence-electron chi connectivity index (χ0n) is 14.5. The highest BCUT2D eigenvalue weighted by atomic mass is 16.5. The van der Waals surface area contributed by atoms with Gasteiger partial charge >= 0.3 is 5.97 Å². The Balaban J connectivity index is 1.49. The number of carbonyl (C=O) groups is 2. The summed E-state index contributed by atoms with van der Waals surface area (Å²) in [6, 6.07) is 13.9. The van der Waals surface area contributed by atoms with Crippen LogP contribution in [-0.2, 0) is 16.1 Å². The van der Waals surface area contributed by atoms with Gasteiger partial charge < -0.3 is 9.64 Å². The van der Waals surface area contributed by atoms with Crippen LogP contribution in [0.25, 0.3) is 11.0 Å². The summed E-state index contributed by atoms with van der Waals surface area (Å²) in [7, 11) is 0. The van der Waals surface area contributed by atoms with Crippen LogP contribution in [0.4, 0.5) is 5.69 Å². The topological polar surface area (TPSA) is 81.5 Å². The lowest BCUT2D eigenvalue weighted by molar-refractivity contribution is -0.135. The Morgan fingerprint density at radius 3 is 2.59 bits per heavy atom. The first kappa shape index (κ1) is 17.0. The van der Waals surface area contributed by atoms with Gasteiger partial charge in [-0.25, -0.2) is 9.78 Å². The fourth-order valence-corrected chi connectivity index (χ4v) is 3.19. The molecule has 0 bridgehead atoms. The molecule has 0 spiro atoms. The molecular weight excluding hydrogens is 346 g/mol. The highest BCUT2D eigenvalue weighted by Gasteiger charge is 2.21. The van der Waals surface area contributed by atoms with Gasteiger partial charge in [0.1, 0.15) is 12.3 Å². The van der Waals surface area contributed by atoms with Crippen molar-refractivity contribution >= 4 is 28.6 Å². The van der Waals surface area contributed by atoms with Gasteiger partial charge in [-0.05, 0) is 42.8 Å². The van der Waals surface area contributed by atoms with Gasteiger partial charge in [-0.3, -0.25) is 14.2 Å². The van der Waals surface area contributed by atoms with Gasteiger partial charge in [-0.1, -0.05) is 12.1 Å². The van der Waals surface area contributed by atoms with E-state index in [1.54, 1.807) is 47.4 Å². The number of nitrogens with zero attached hydrogens (tertiary/aromatic N) is 3. The van der Waals surface area contributed by atoms with Crippen molar-refractivity contribution in [1.29, 1.82) is 0 Å². The Kier molecular flexibility index (Phi) is 4.42. The summed E-state index contributed by atoms with van der Waals surface area (Å²) in [6.07, 6.45) is 2.60. The Morgan fingerprint density at radius 1 is 1.07 bits per heavy atom. The second-order valence-corrected chi connectivity index (χ2v) is 6.29. The molecule has 3 aromatic rings. The van der Waals surface area contributed by atoms with E-state index in [9.17, 15) is 14.4 Å². The molecule has 1 fully saturated rings. The number of amides is 1. The van der Waals surface area contributed by atoms with Gasteiger partial charge in [0.2, 0.25) is 5.91 Å². The van der Waals surface area contributed by atoms with E-state index in [0.717, 1.165) is 12.1 Å². The monoisotopic (exact) mass is 363 g/mol. The summed E-state index contributed by atoms with van der Waals surface area (Å²) in [5.74, 6) is -0.0936. The third-order valence-electron chi connectivity index (χ3n) is 4.49. The molecule has 136 valence electrons. The minimum absolute atomic E-state index is 0.101. The van der Waals surface area contributed by atoms with E-state index in [0.29, 0.717) is 29.7 Å². The predicted molar refractivity (Wildman–Crippen MR) is 99.7 cm³/mol. The lowest BCUT2D eigenvalue weighted by atomic mass is 10.3. The lowest BCUT2D eigenvalue weighted by Gasteiger charge is -2.16. The summed E-state index contributed by atoms with van der Waals surface area (Å²) in [5, 5.41) is 0. The van der Waals surface area contributed by atoms with Crippen molar-refractivity contribution in [2.75, 3.05) is 11.4 Å². The minimum atomic E-state index is -0.557.